The molecule has 2 aliphatic carbocycles. The van der Waals surface area contributed by atoms with Gasteiger partial charge in [-0.15, -0.1) is 0 Å². The first-order valence-corrected chi connectivity index (χ1v) is 9.33. The fraction of sp³-hybridized carbons (Fsp3) is 0.625. The Morgan fingerprint density at radius 3 is 1.95 bits per heavy atom. The normalized spacial score (nSPS) is 19.1. The Bertz CT molecular complexity index is 561. The van der Waals surface area contributed by atoms with E-state index in [-0.39, 0.29) is 0 Å². The summed E-state index contributed by atoms with van der Waals surface area (Å²) in [5.74, 6) is 1.16. The van der Waals surface area contributed by atoms with Gasteiger partial charge >= 0.3 is 0 Å². The van der Waals surface area contributed by atoms with Crippen LogP contribution >= 0.6 is 0 Å². The molecule has 21 heavy (non-hydrogen) atoms. The van der Waals surface area contributed by atoms with Crippen molar-refractivity contribution in [1.82, 2.24) is 4.31 Å². The van der Waals surface area contributed by atoms with Gasteiger partial charge in [0.2, 0.25) is 10.0 Å². The van der Waals surface area contributed by atoms with Gasteiger partial charge in [0.25, 0.3) is 0 Å². The van der Waals surface area contributed by atoms with Gasteiger partial charge in [0.05, 0.1) is 4.90 Å². The van der Waals surface area contributed by atoms with Crippen molar-refractivity contribution < 1.29 is 8.42 Å². The third kappa shape index (κ3) is 3.84. The van der Waals surface area contributed by atoms with Crippen LogP contribution in [0.2, 0.25) is 0 Å². The van der Waals surface area contributed by atoms with Crippen molar-refractivity contribution >= 4 is 10.0 Å². The minimum Gasteiger partial charge on any atom is -0.330 e. The third-order valence-electron chi connectivity index (χ3n) is 4.31. The summed E-state index contributed by atoms with van der Waals surface area (Å²) in [6, 6.07) is 7.22. The molecule has 2 saturated carbocycles. The molecule has 0 bridgehead atoms. The SMILES string of the molecule is NCCc1ccc(S(=O)(=O)N(CC2CC2)CC2CC2)cc1. The Morgan fingerprint density at radius 2 is 1.52 bits per heavy atom. The van der Waals surface area contributed by atoms with E-state index in [9.17, 15) is 8.42 Å². The van der Waals surface area contributed by atoms with Crippen molar-refractivity contribution in [3.8, 4) is 0 Å². The molecule has 1 aromatic rings. The zero-order valence-electron chi connectivity index (χ0n) is 12.4. The summed E-state index contributed by atoms with van der Waals surface area (Å²) in [5, 5.41) is 0. The Morgan fingerprint density at radius 1 is 1.00 bits per heavy atom. The Balaban J connectivity index is 1.77. The van der Waals surface area contributed by atoms with Gasteiger partial charge in [-0.25, -0.2) is 8.42 Å². The van der Waals surface area contributed by atoms with E-state index in [2.05, 4.69) is 0 Å². The van der Waals surface area contributed by atoms with E-state index in [4.69, 9.17) is 5.73 Å². The van der Waals surface area contributed by atoms with Crippen molar-refractivity contribution in [1.29, 1.82) is 0 Å². The molecule has 116 valence electrons. The van der Waals surface area contributed by atoms with E-state index >= 15 is 0 Å². The highest BCUT2D eigenvalue weighted by Crippen LogP contribution is 2.35. The standard InChI is InChI=1S/C16H24N2O2S/c17-10-9-13-5-7-16(8-6-13)21(19,20)18(11-14-1-2-14)12-15-3-4-15/h5-8,14-15H,1-4,9-12,17H2. The second-order valence-corrected chi connectivity index (χ2v) is 8.33. The maximum atomic E-state index is 12.8. The maximum Gasteiger partial charge on any atom is 0.243 e. The first-order valence-electron chi connectivity index (χ1n) is 7.89. The number of hydrogen-bond donors (Lipinski definition) is 1. The molecule has 0 unspecified atom stereocenters. The van der Waals surface area contributed by atoms with E-state index in [1.807, 2.05) is 12.1 Å². The number of sulfonamides is 1. The highest BCUT2D eigenvalue weighted by atomic mass is 32.2. The highest BCUT2D eigenvalue weighted by molar-refractivity contribution is 7.89. The van der Waals surface area contributed by atoms with E-state index in [1.54, 1.807) is 16.4 Å². The molecule has 2 aliphatic rings. The zero-order chi connectivity index (χ0) is 14.9. The fourth-order valence-corrected chi connectivity index (χ4v) is 4.18. The van der Waals surface area contributed by atoms with Crippen molar-refractivity contribution in [2.24, 2.45) is 17.6 Å². The predicted molar refractivity (Wildman–Crippen MR) is 83.4 cm³/mol. The summed E-state index contributed by atoms with van der Waals surface area (Å²) in [5.41, 5.74) is 6.62. The average Bonchev–Trinajstić information content (AvgIpc) is 3.34. The second-order valence-electron chi connectivity index (χ2n) is 6.39. The van der Waals surface area contributed by atoms with Gasteiger partial charge in [0.1, 0.15) is 0 Å². The van der Waals surface area contributed by atoms with Gasteiger partial charge in [0, 0.05) is 13.1 Å². The molecule has 0 aromatic heterocycles. The summed E-state index contributed by atoms with van der Waals surface area (Å²) in [6.45, 7) is 1.98. The summed E-state index contributed by atoms with van der Waals surface area (Å²) in [6.07, 6.45) is 5.48. The molecular weight excluding hydrogens is 284 g/mol. The molecule has 0 amide bonds. The summed E-state index contributed by atoms with van der Waals surface area (Å²) in [4.78, 5) is 0.421. The molecular formula is C16H24N2O2S. The largest absolute Gasteiger partial charge is 0.330 e. The van der Waals surface area contributed by atoms with E-state index in [1.165, 1.54) is 25.7 Å². The minimum absolute atomic E-state index is 0.421. The molecule has 1 aromatic carbocycles. The summed E-state index contributed by atoms with van der Waals surface area (Å²) >= 11 is 0. The second kappa shape index (κ2) is 6.07. The molecule has 5 heteroatoms. The van der Waals surface area contributed by atoms with Crippen LogP contribution in [-0.4, -0.2) is 32.4 Å². The molecule has 2 fully saturated rings. The van der Waals surface area contributed by atoms with Gasteiger partial charge in [-0.3, -0.25) is 0 Å². The lowest BCUT2D eigenvalue weighted by Gasteiger charge is -2.22. The quantitative estimate of drug-likeness (QED) is 0.799. The number of rotatable bonds is 8. The van der Waals surface area contributed by atoms with Crippen LogP contribution in [0.1, 0.15) is 31.2 Å². The lowest BCUT2D eigenvalue weighted by molar-refractivity contribution is 0.382. The van der Waals surface area contributed by atoms with Crippen molar-refractivity contribution in [3.05, 3.63) is 29.8 Å². The van der Waals surface area contributed by atoms with Crippen molar-refractivity contribution in [2.45, 2.75) is 37.0 Å². The lowest BCUT2D eigenvalue weighted by Crippen LogP contribution is -2.34. The van der Waals surface area contributed by atoms with Crippen LogP contribution in [-0.2, 0) is 16.4 Å². The van der Waals surface area contributed by atoms with Crippen LogP contribution in [0, 0.1) is 11.8 Å². The topological polar surface area (TPSA) is 63.4 Å². The summed E-state index contributed by atoms with van der Waals surface area (Å²) < 4.78 is 27.4. The van der Waals surface area contributed by atoms with Crippen LogP contribution in [0.3, 0.4) is 0 Å². The molecule has 0 aliphatic heterocycles. The maximum absolute atomic E-state index is 12.8. The number of nitrogens with zero attached hydrogens (tertiary/aromatic N) is 1. The Kier molecular flexibility index (Phi) is 4.33. The highest BCUT2D eigenvalue weighted by Gasteiger charge is 2.35. The minimum atomic E-state index is -3.34. The Labute approximate surface area is 127 Å². The molecule has 0 spiro atoms. The van der Waals surface area contributed by atoms with Crippen molar-refractivity contribution in [3.63, 3.8) is 0 Å². The fourth-order valence-electron chi connectivity index (χ4n) is 2.59. The first kappa shape index (κ1) is 15.0. The zero-order valence-corrected chi connectivity index (χ0v) is 13.2. The van der Waals surface area contributed by atoms with Gasteiger partial charge in [-0.1, -0.05) is 12.1 Å². The van der Waals surface area contributed by atoms with Gasteiger partial charge in [-0.05, 0) is 68.2 Å². The Hall–Kier alpha value is -0.910. The van der Waals surface area contributed by atoms with Crippen molar-refractivity contribution in [2.75, 3.05) is 19.6 Å². The molecule has 0 heterocycles. The smallest absolute Gasteiger partial charge is 0.243 e. The monoisotopic (exact) mass is 308 g/mol. The van der Waals surface area contributed by atoms with Crippen LogP contribution < -0.4 is 5.73 Å². The average molecular weight is 308 g/mol. The van der Waals surface area contributed by atoms with Gasteiger partial charge in [0.15, 0.2) is 0 Å². The molecule has 0 saturated heterocycles. The van der Waals surface area contributed by atoms with Crippen LogP contribution in [0.5, 0.6) is 0 Å². The summed E-state index contributed by atoms with van der Waals surface area (Å²) in [7, 11) is -3.34. The number of benzene rings is 1. The van der Waals surface area contributed by atoms with Gasteiger partial charge in [-0.2, -0.15) is 4.31 Å². The third-order valence-corrected chi connectivity index (χ3v) is 6.16. The van der Waals surface area contributed by atoms with Crippen LogP contribution in [0.4, 0.5) is 0 Å². The van der Waals surface area contributed by atoms with Crippen LogP contribution in [0.15, 0.2) is 29.2 Å². The number of nitrogens with two attached hydrogens (primary N) is 1. The lowest BCUT2D eigenvalue weighted by atomic mass is 10.2. The van der Waals surface area contributed by atoms with E-state index < -0.39 is 10.0 Å². The first-order chi connectivity index (χ1) is 10.1. The molecule has 0 atom stereocenters. The van der Waals surface area contributed by atoms with E-state index in [0.717, 1.165) is 12.0 Å². The number of hydrogen-bond acceptors (Lipinski definition) is 3. The molecule has 4 nitrogen and oxygen atoms in total. The predicted octanol–water partition coefficient (Wildman–Crippen LogP) is 2.00. The molecule has 0 radical (unpaired) electrons. The van der Waals surface area contributed by atoms with Crippen LogP contribution in [0.25, 0.3) is 0 Å². The van der Waals surface area contributed by atoms with Gasteiger partial charge < -0.3 is 5.73 Å². The van der Waals surface area contributed by atoms with E-state index in [0.29, 0.717) is 36.4 Å². The molecule has 2 N–H and O–H groups in total. The molecule has 3 rings (SSSR count).